The molecule has 1 aliphatic carbocycles. The van der Waals surface area contributed by atoms with E-state index in [1.165, 1.54) is 57.8 Å². The Labute approximate surface area is 99.9 Å². The van der Waals surface area contributed by atoms with Crippen molar-refractivity contribution in [2.24, 2.45) is 5.92 Å². The van der Waals surface area contributed by atoms with Gasteiger partial charge in [-0.15, -0.1) is 0 Å². The van der Waals surface area contributed by atoms with E-state index in [2.05, 4.69) is 18.0 Å². The summed E-state index contributed by atoms with van der Waals surface area (Å²) in [7, 11) is 2.33. The molecule has 2 bridgehead atoms. The lowest BCUT2D eigenvalue weighted by molar-refractivity contribution is 0.208. The van der Waals surface area contributed by atoms with E-state index in [0.717, 1.165) is 18.0 Å². The molecule has 0 spiro atoms. The van der Waals surface area contributed by atoms with E-state index in [4.69, 9.17) is 0 Å². The molecule has 0 aromatic carbocycles. The van der Waals surface area contributed by atoms with Crippen LogP contribution in [-0.2, 0) is 0 Å². The highest BCUT2D eigenvalue weighted by molar-refractivity contribution is 5.15. The van der Waals surface area contributed by atoms with Crippen molar-refractivity contribution in [2.45, 2.75) is 69.9 Å². The van der Waals surface area contributed by atoms with E-state index in [1.54, 1.807) is 5.57 Å². The largest absolute Gasteiger partial charge is 0.300 e. The standard InChI is InChI=1S/C15H25N/c1-16-14-7-8-15(16)11-13(10-14)9-12-5-3-2-4-6-12/h9,12,14-15H,2-8,10-11H2,1H3. The first-order valence-corrected chi connectivity index (χ1v) is 7.24. The highest BCUT2D eigenvalue weighted by Gasteiger charge is 2.35. The first kappa shape index (κ1) is 10.8. The van der Waals surface area contributed by atoms with Crippen molar-refractivity contribution in [3.63, 3.8) is 0 Å². The van der Waals surface area contributed by atoms with Crippen LogP contribution in [0.2, 0.25) is 0 Å². The van der Waals surface area contributed by atoms with Crippen LogP contribution in [0.4, 0.5) is 0 Å². The van der Waals surface area contributed by atoms with Gasteiger partial charge in [-0.05, 0) is 51.5 Å². The fraction of sp³-hybridized carbons (Fsp3) is 0.867. The van der Waals surface area contributed by atoms with Crippen molar-refractivity contribution < 1.29 is 0 Å². The van der Waals surface area contributed by atoms with Gasteiger partial charge in [-0.25, -0.2) is 0 Å². The molecule has 1 nitrogen and oxygen atoms in total. The van der Waals surface area contributed by atoms with Crippen molar-refractivity contribution in [3.8, 4) is 0 Å². The molecule has 1 saturated carbocycles. The molecule has 2 aliphatic heterocycles. The molecule has 0 aromatic rings. The van der Waals surface area contributed by atoms with Crippen molar-refractivity contribution in [1.29, 1.82) is 0 Å². The zero-order valence-electron chi connectivity index (χ0n) is 10.6. The lowest BCUT2D eigenvalue weighted by atomic mass is 9.85. The lowest BCUT2D eigenvalue weighted by Crippen LogP contribution is -2.37. The maximum Gasteiger partial charge on any atom is 0.0133 e. The van der Waals surface area contributed by atoms with Gasteiger partial charge in [0.05, 0.1) is 0 Å². The number of hydrogen-bond donors (Lipinski definition) is 0. The van der Waals surface area contributed by atoms with Gasteiger partial charge >= 0.3 is 0 Å². The highest BCUT2D eigenvalue weighted by Crippen LogP contribution is 2.38. The molecule has 2 heterocycles. The third-order valence-corrected chi connectivity index (χ3v) is 5.10. The molecule has 2 unspecified atom stereocenters. The predicted octanol–water partition coefficient (Wildman–Crippen LogP) is 3.75. The van der Waals surface area contributed by atoms with Crippen LogP contribution in [0.5, 0.6) is 0 Å². The molecule has 2 atom stereocenters. The number of rotatable bonds is 1. The zero-order valence-corrected chi connectivity index (χ0v) is 10.6. The minimum atomic E-state index is 0.883. The fourth-order valence-electron chi connectivity index (χ4n) is 4.04. The molecule has 2 saturated heterocycles. The molecule has 3 fully saturated rings. The summed E-state index contributed by atoms with van der Waals surface area (Å²) in [5.41, 5.74) is 1.80. The van der Waals surface area contributed by atoms with E-state index in [1.807, 2.05) is 0 Å². The van der Waals surface area contributed by atoms with Crippen LogP contribution in [0.15, 0.2) is 11.6 Å². The molecule has 0 amide bonds. The van der Waals surface area contributed by atoms with Gasteiger partial charge in [0.25, 0.3) is 0 Å². The van der Waals surface area contributed by atoms with Crippen LogP contribution in [0.1, 0.15) is 57.8 Å². The van der Waals surface area contributed by atoms with E-state index in [9.17, 15) is 0 Å². The van der Waals surface area contributed by atoms with E-state index in [0.29, 0.717) is 0 Å². The average Bonchev–Trinajstić information content (AvgIpc) is 2.54. The summed E-state index contributed by atoms with van der Waals surface area (Å²) in [6.45, 7) is 0. The van der Waals surface area contributed by atoms with Crippen LogP contribution >= 0.6 is 0 Å². The fourth-order valence-corrected chi connectivity index (χ4v) is 4.04. The van der Waals surface area contributed by atoms with Crippen molar-refractivity contribution in [2.75, 3.05) is 7.05 Å². The maximum absolute atomic E-state index is 2.68. The van der Waals surface area contributed by atoms with Gasteiger partial charge in [-0.2, -0.15) is 0 Å². The topological polar surface area (TPSA) is 3.24 Å². The van der Waals surface area contributed by atoms with Gasteiger partial charge in [0.2, 0.25) is 0 Å². The summed E-state index contributed by atoms with van der Waals surface area (Å²) in [4.78, 5) is 2.64. The smallest absolute Gasteiger partial charge is 0.0133 e. The molecule has 3 aliphatic rings. The molecule has 3 rings (SSSR count). The van der Waals surface area contributed by atoms with Crippen LogP contribution in [0, 0.1) is 5.92 Å². The Morgan fingerprint density at radius 1 is 0.938 bits per heavy atom. The molecule has 0 radical (unpaired) electrons. The average molecular weight is 219 g/mol. The van der Waals surface area contributed by atoms with Crippen molar-refractivity contribution in [3.05, 3.63) is 11.6 Å². The van der Waals surface area contributed by atoms with Gasteiger partial charge in [0.1, 0.15) is 0 Å². The van der Waals surface area contributed by atoms with Gasteiger partial charge in [0, 0.05) is 12.1 Å². The van der Waals surface area contributed by atoms with Crippen LogP contribution < -0.4 is 0 Å². The van der Waals surface area contributed by atoms with Crippen LogP contribution in [0.3, 0.4) is 0 Å². The highest BCUT2D eigenvalue weighted by atomic mass is 15.2. The second kappa shape index (κ2) is 4.52. The summed E-state index contributed by atoms with van der Waals surface area (Å²) in [6.07, 6.45) is 15.7. The second-order valence-electron chi connectivity index (χ2n) is 6.18. The molecule has 16 heavy (non-hydrogen) atoms. The minimum absolute atomic E-state index is 0.883. The Morgan fingerprint density at radius 3 is 2.19 bits per heavy atom. The zero-order chi connectivity index (χ0) is 11.0. The summed E-state index contributed by atoms with van der Waals surface area (Å²) >= 11 is 0. The Hall–Kier alpha value is -0.300. The molecule has 0 N–H and O–H groups in total. The van der Waals surface area contributed by atoms with Crippen LogP contribution in [-0.4, -0.2) is 24.0 Å². The number of allylic oxidation sites excluding steroid dienone is 1. The van der Waals surface area contributed by atoms with E-state index < -0.39 is 0 Å². The third kappa shape index (κ3) is 2.07. The Morgan fingerprint density at radius 2 is 1.56 bits per heavy atom. The molecule has 1 heteroatoms. The summed E-state index contributed by atoms with van der Waals surface area (Å²) < 4.78 is 0. The summed E-state index contributed by atoms with van der Waals surface area (Å²) in [5.74, 6) is 0.937. The quantitative estimate of drug-likeness (QED) is 0.607. The SMILES string of the molecule is CN1C2CCC1CC(=CC1CCCCC1)C2. The lowest BCUT2D eigenvalue weighted by Gasteiger charge is -2.33. The van der Waals surface area contributed by atoms with Gasteiger partial charge in [-0.3, -0.25) is 4.90 Å². The molecule has 90 valence electrons. The minimum Gasteiger partial charge on any atom is -0.300 e. The Balaban J connectivity index is 1.65. The number of piperidine rings is 1. The summed E-state index contributed by atoms with van der Waals surface area (Å²) in [6, 6.07) is 1.77. The van der Waals surface area contributed by atoms with Crippen LogP contribution in [0.25, 0.3) is 0 Å². The van der Waals surface area contributed by atoms with Gasteiger partial charge < -0.3 is 0 Å². The number of fused-ring (bicyclic) bond motifs is 2. The van der Waals surface area contributed by atoms with E-state index in [-0.39, 0.29) is 0 Å². The molecule has 0 aromatic heterocycles. The molecular weight excluding hydrogens is 194 g/mol. The predicted molar refractivity (Wildman–Crippen MR) is 68.5 cm³/mol. The normalized spacial score (nSPS) is 36.7. The Kier molecular flexibility index (Phi) is 3.06. The van der Waals surface area contributed by atoms with Crippen molar-refractivity contribution >= 4 is 0 Å². The number of nitrogens with zero attached hydrogens (tertiary/aromatic N) is 1. The monoisotopic (exact) mass is 219 g/mol. The Bertz CT molecular complexity index is 259. The van der Waals surface area contributed by atoms with E-state index >= 15 is 0 Å². The number of hydrogen-bond acceptors (Lipinski definition) is 1. The van der Waals surface area contributed by atoms with Gasteiger partial charge in [0.15, 0.2) is 0 Å². The first-order chi connectivity index (χ1) is 7.83. The summed E-state index contributed by atoms with van der Waals surface area (Å²) in [5, 5.41) is 0. The molecular formula is C15H25N. The van der Waals surface area contributed by atoms with Gasteiger partial charge in [-0.1, -0.05) is 30.9 Å². The first-order valence-electron chi connectivity index (χ1n) is 7.24. The maximum atomic E-state index is 2.68. The third-order valence-electron chi connectivity index (χ3n) is 5.10. The second-order valence-corrected chi connectivity index (χ2v) is 6.18. The van der Waals surface area contributed by atoms with Crippen molar-refractivity contribution in [1.82, 2.24) is 4.90 Å².